The van der Waals surface area contributed by atoms with Crippen molar-refractivity contribution in [1.82, 2.24) is 20.3 Å². The number of hydrogen-bond donors (Lipinski definition) is 4. The summed E-state index contributed by atoms with van der Waals surface area (Å²) >= 11 is 0. The van der Waals surface area contributed by atoms with Crippen LogP contribution in [-0.4, -0.2) is 39.3 Å². The molecule has 0 spiro atoms. The summed E-state index contributed by atoms with van der Waals surface area (Å²) in [7, 11) is 0. The van der Waals surface area contributed by atoms with Crippen LogP contribution >= 0.6 is 0 Å². The number of hydrogen-bond acceptors (Lipinski definition) is 7. The van der Waals surface area contributed by atoms with Gasteiger partial charge in [0.2, 0.25) is 0 Å². The van der Waals surface area contributed by atoms with Crippen molar-refractivity contribution < 1.29 is 14.6 Å². The summed E-state index contributed by atoms with van der Waals surface area (Å²) in [6.07, 6.45) is 10.9. The van der Waals surface area contributed by atoms with Gasteiger partial charge in [-0.1, -0.05) is 35.9 Å². The number of hydrazine groups is 1. The second kappa shape index (κ2) is 15.4. The molecule has 0 radical (unpaired) electrons. The summed E-state index contributed by atoms with van der Waals surface area (Å²) < 4.78 is 7.71. The molecule has 41 heavy (non-hydrogen) atoms. The highest BCUT2D eigenvalue weighted by molar-refractivity contribution is 5.95. The molecule has 1 aliphatic heterocycles. The minimum absolute atomic E-state index is 0.0403. The first-order valence-corrected chi connectivity index (χ1v) is 13.8. The molecular formula is C32H40N6O3. The van der Waals surface area contributed by atoms with E-state index in [4.69, 9.17) is 15.6 Å². The quantitative estimate of drug-likeness (QED) is 0.209. The lowest BCUT2D eigenvalue weighted by Crippen LogP contribution is -2.37. The van der Waals surface area contributed by atoms with E-state index in [1.54, 1.807) is 18.3 Å². The van der Waals surface area contributed by atoms with Gasteiger partial charge in [-0.3, -0.25) is 10.6 Å². The molecule has 3 aromatic rings. The Labute approximate surface area is 242 Å². The lowest BCUT2D eigenvalue weighted by atomic mass is 10.0. The molecule has 4 rings (SSSR count). The summed E-state index contributed by atoms with van der Waals surface area (Å²) in [6.45, 7) is 7.67. The van der Waals surface area contributed by atoms with Gasteiger partial charge in [0.15, 0.2) is 0 Å². The maximum Gasteiger partial charge on any atom is 0.251 e. The van der Waals surface area contributed by atoms with E-state index in [0.717, 1.165) is 35.5 Å². The number of aliphatic hydroxyl groups is 1. The summed E-state index contributed by atoms with van der Waals surface area (Å²) in [5.74, 6) is 6.14. The van der Waals surface area contributed by atoms with Crippen molar-refractivity contribution in [2.75, 3.05) is 6.61 Å². The van der Waals surface area contributed by atoms with Crippen LogP contribution < -0.4 is 21.3 Å². The zero-order valence-electron chi connectivity index (χ0n) is 24.2. The van der Waals surface area contributed by atoms with Gasteiger partial charge >= 0.3 is 0 Å². The number of nitrogens with one attached hydrogen (secondary N) is 2. The summed E-state index contributed by atoms with van der Waals surface area (Å²) in [5.41, 5.74) is 7.32. The van der Waals surface area contributed by atoms with Crippen molar-refractivity contribution >= 4 is 12.1 Å². The molecule has 0 saturated heterocycles. The molecule has 5 N–H and O–H groups in total. The number of allylic oxidation sites excluding steroid dienone is 2. The molecular weight excluding hydrogens is 516 g/mol. The van der Waals surface area contributed by atoms with Crippen molar-refractivity contribution in [1.29, 1.82) is 5.26 Å². The number of carbonyl (C=O) groups excluding carboxylic acids is 1. The average molecular weight is 557 g/mol. The Bertz CT molecular complexity index is 1400. The number of aryl methyl sites for hydroxylation is 1. The molecule has 9 nitrogen and oxygen atoms in total. The minimum atomic E-state index is -0.288. The summed E-state index contributed by atoms with van der Waals surface area (Å²) in [4.78, 5) is 17.6. The highest BCUT2D eigenvalue weighted by Gasteiger charge is 2.17. The van der Waals surface area contributed by atoms with Gasteiger partial charge in [-0.15, -0.1) is 0 Å². The molecule has 216 valence electrons. The van der Waals surface area contributed by atoms with Crippen LogP contribution in [0.15, 0.2) is 66.5 Å². The number of benzene rings is 2. The standard InChI is InChI=1S/C28H30N4O3.C4H10N2/c1-19(2)35-26-11-10-22(16-23(26)17-29)28(34)30-24(12-14-33)15-20-6-8-21(9-7-20)25-18-32-13-4-3-5-27(32)31-25;1-4(2)3-6-5/h4,6-11,13,16,18-19,24,33H,3,5,12,14-15H2,1-2H3,(H,30,34);3,6H,5H2,1-2H3/t24-;/m1./s1. The molecule has 2 heterocycles. The van der Waals surface area contributed by atoms with Crippen LogP contribution in [-0.2, 0) is 12.8 Å². The third kappa shape index (κ3) is 9.34. The van der Waals surface area contributed by atoms with E-state index >= 15 is 0 Å². The first-order valence-electron chi connectivity index (χ1n) is 13.8. The second-order valence-corrected chi connectivity index (χ2v) is 10.3. The van der Waals surface area contributed by atoms with Crippen LogP contribution in [0.3, 0.4) is 0 Å². The van der Waals surface area contributed by atoms with Crippen molar-refractivity contribution in [3.05, 3.63) is 89.0 Å². The van der Waals surface area contributed by atoms with Crippen LogP contribution in [0.5, 0.6) is 5.75 Å². The highest BCUT2D eigenvalue weighted by Crippen LogP contribution is 2.23. The molecule has 9 heteroatoms. The predicted octanol–water partition coefficient (Wildman–Crippen LogP) is 4.72. The minimum Gasteiger partial charge on any atom is -0.490 e. The molecule has 1 amide bonds. The molecule has 1 aromatic heterocycles. The van der Waals surface area contributed by atoms with E-state index in [9.17, 15) is 15.2 Å². The Hall–Kier alpha value is -4.39. The number of amides is 1. The van der Waals surface area contributed by atoms with E-state index in [-0.39, 0.29) is 24.7 Å². The van der Waals surface area contributed by atoms with Crippen LogP contribution in [0.4, 0.5) is 0 Å². The fraction of sp³-hybridized carbons (Fsp3) is 0.344. The molecule has 1 atom stereocenters. The number of aromatic nitrogens is 2. The molecule has 1 aliphatic rings. The van der Waals surface area contributed by atoms with E-state index in [1.165, 1.54) is 11.6 Å². The monoisotopic (exact) mass is 556 g/mol. The summed E-state index contributed by atoms with van der Waals surface area (Å²) in [6, 6.07) is 14.8. The van der Waals surface area contributed by atoms with E-state index in [2.05, 4.69) is 33.7 Å². The maximum absolute atomic E-state index is 12.9. The zero-order valence-corrected chi connectivity index (χ0v) is 24.2. The van der Waals surface area contributed by atoms with Gasteiger partial charge in [-0.05, 0) is 70.7 Å². The van der Waals surface area contributed by atoms with E-state index < -0.39 is 0 Å². The summed E-state index contributed by atoms with van der Waals surface area (Å²) in [5, 5.41) is 22.0. The Morgan fingerprint density at radius 1 is 1.24 bits per heavy atom. The van der Waals surface area contributed by atoms with Crippen LogP contribution in [0.1, 0.15) is 67.8 Å². The predicted molar refractivity (Wildman–Crippen MR) is 162 cm³/mol. The fourth-order valence-corrected chi connectivity index (χ4v) is 4.31. The van der Waals surface area contributed by atoms with Gasteiger partial charge < -0.3 is 25.2 Å². The second-order valence-electron chi connectivity index (χ2n) is 10.3. The Kier molecular flexibility index (Phi) is 11.7. The Morgan fingerprint density at radius 2 is 2.00 bits per heavy atom. The molecule has 0 fully saturated rings. The third-order valence-corrected chi connectivity index (χ3v) is 6.25. The first kappa shape index (κ1) is 31.1. The zero-order chi connectivity index (χ0) is 29.8. The van der Waals surface area contributed by atoms with Gasteiger partial charge in [0.1, 0.15) is 17.6 Å². The Balaban J connectivity index is 0.000000696. The number of nitriles is 1. The van der Waals surface area contributed by atoms with Crippen LogP contribution in [0.25, 0.3) is 17.5 Å². The topological polar surface area (TPSA) is 138 Å². The van der Waals surface area contributed by atoms with Crippen molar-refractivity contribution in [2.24, 2.45) is 5.84 Å². The highest BCUT2D eigenvalue weighted by atomic mass is 16.5. The number of imidazole rings is 1. The van der Waals surface area contributed by atoms with Gasteiger partial charge in [0.25, 0.3) is 5.91 Å². The largest absolute Gasteiger partial charge is 0.490 e. The van der Waals surface area contributed by atoms with E-state index in [1.807, 2.05) is 58.2 Å². The van der Waals surface area contributed by atoms with Crippen molar-refractivity contribution in [3.8, 4) is 23.1 Å². The van der Waals surface area contributed by atoms with E-state index in [0.29, 0.717) is 29.7 Å². The van der Waals surface area contributed by atoms with Gasteiger partial charge in [0, 0.05) is 48.8 Å². The lowest BCUT2D eigenvalue weighted by Gasteiger charge is -2.19. The Morgan fingerprint density at radius 3 is 2.59 bits per heavy atom. The fourth-order valence-electron chi connectivity index (χ4n) is 4.31. The number of carbonyl (C=O) groups is 1. The smallest absolute Gasteiger partial charge is 0.251 e. The van der Waals surface area contributed by atoms with Gasteiger partial charge in [-0.2, -0.15) is 5.26 Å². The maximum atomic E-state index is 12.9. The average Bonchev–Trinajstić information content (AvgIpc) is 3.38. The third-order valence-electron chi connectivity index (χ3n) is 6.25. The van der Waals surface area contributed by atoms with Crippen molar-refractivity contribution in [3.63, 3.8) is 0 Å². The number of rotatable bonds is 10. The molecule has 0 unspecified atom stereocenters. The number of nitrogens with zero attached hydrogens (tertiary/aromatic N) is 3. The number of nitrogens with two attached hydrogens (primary N) is 1. The van der Waals surface area contributed by atoms with Gasteiger partial charge in [0.05, 0.1) is 17.4 Å². The molecule has 0 bridgehead atoms. The molecule has 2 aromatic carbocycles. The molecule has 0 aliphatic carbocycles. The van der Waals surface area contributed by atoms with Crippen molar-refractivity contribution in [2.45, 2.75) is 65.5 Å². The van der Waals surface area contributed by atoms with Crippen LogP contribution in [0.2, 0.25) is 0 Å². The van der Waals surface area contributed by atoms with Crippen LogP contribution in [0, 0.1) is 11.3 Å². The van der Waals surface area contributed by atoms with Gasteiger partial charge in [-0.25, -0.2) is 4.98 Å². The SMILES string of the molecule is CC(C)=CNN.CC(C)Oc1ccc(C(=O)N[C@H](CCO)Cc2ccc(-c3cn4c(n3)CCC=C4)cc2)cc1C#N. The first-order chi connectivity index (χ1) is 19.7. The number of aliphatic hydroxyl groups excluding tert-OH is 1. The molecule has 0 saturated carbocycles. The number of fused-ring (bicyclic) bond motifs is 1. The normalized spacial score (nSPS) is 12.3. The lowest BCUT2D eigenvalue weighted by molar-refractivity contribution is 0.0930. The number of ether oxygens (including phenoxy) is 1.